The fourth-order valence-corrected chi connectivity index (χ4v) is 2.58. The lowest BCUT2D eigenvalue weighted by atomic mass is 10.1. The van der Waals surface area contributed by atoms with Gasteiger partial charge in [0.25, 0.3) is 5.91 Å². The summed E-state index contributed by atoms with van der Waals surface area (Å²) < 4.78 is 0. The average Bonchev–Trinajstić information content (AvgIpc) is 2.54. The molecule has 0 fully saturated rings. The number of aryl methyl sites for hydroxylation is 1. The maximum atomic E-state index is 12.0. The van der Waals surface area contributed by atoms with Crippen LogP contribution >= 0.6 is 23.2 Å². The zero-order valence-corrected chi connectivity index (χ0v) is 14.8. The monoisotopic (exact) mass is 364 g/mol. The van der Waals surface area contributed by atoms with Gasteiger partial charge in [0.15, 0.2) is 0 Å². The van der Waals surface area contributed by atoms with E-state index in [1.807, 2.05) is 6.07 Å². The van der Waals surface area contributed by atoms with Gasteiger partial charge in [0.2, 0.25) is 0 Å². The fourth-order valence-electron chi connectivity index (χ4n) is 2.08. The van der Waals surface area contributed by atoms with Gasteiger partial charge in [-0.25, -0.2) is 9.97 Å². The van der Waals surface area contributed by atoms with Crippen LogP contribution in [0.4, 0.5) is 5.82 Å². The molecule has 0 unspecified atom stereocenters. The maximum absolute atomic E-state index is 12.0. The van der Waals surface area contributed by atoms with E-state index in [-0.39, 0.29) is 5.91 Å². The summed E-state index contributed by atoms with van der Waals surface area (Å²) in [5.41, 5.74) is 1.31. The molecule has 0 aliphatic rings. The van der Waals surface area contributed by atoms with Crippen molar-refractivity contribution in [2.75, 3.05) is 18.4 Å². The normalized spacial score (nSPS) is 10.3. The van der Waals surface area contributed by atoms with Crippen LogP contribution in [0.25, 0.3) is 0 Å². The molecule has 0 radical (unpaired) electrons. The van der Waals surface area contributed by atoms with E-state index in [0.717, 1.165) is 5.56 Å². The number of halogens is 2. The third-order valence-electron chi connectivity index (χ3n) is 3.19. The summed E-state index contributed by atoms with van der Waals surface area (Å²) in [4.78, 5) is 20.4. The van der Waals surface area contributed by atoms with E-state index < -0.39 is 0 Å². The Morgan fingerprint density at radius 2 is 2.08 bits per heavy atom. The fraction of sp³-hybridized carbons (Fsp3) is 0.235. The highest BCUT2D eigenvalue weighted by Crippen LogP contribution is 2.21. The third-order valence-corrected chi connectivity index (χ3v) is 3.78. The van der Waals surface area contributed by atoms with Gasteiger partial charge >= 0.3 is 0 Å². The van der Waals surface area contributed by atoms with Gasteiger partial charge in [-0.15, -0.1) is 6.58 Å². The minimum atomic E-state index is -0.260. The molecule has 0 bridgehead atoms. The first kappa shape index (κ1) is 18.2. The molecule has 2 rings (SSSR count). The van der Waals surface area contributed by atoms with E-state index >= 15 is 0 Å². The third kappa shape index (κ3) is 5.22. The molecule has 126 valence electrons. The number of aromatic nitrogens is 2. The summed E-state index contributed by atoms with van der Waals surface area (Å²) in [7, 11) is 0. The zero-order valence-electron chi connectivity index (χ0n) is 13.3. The van der Waals surface area contributed by atoms with Crippen LogP contribution in [0.5, 0.6) is 0 Å². The first-order chi connectivity index (χ1) is 11.5. The van der Waals surface area contributed by atoms with Crippen LogP contribution in [0.1, 0.15) is 21.9 Å². The first-order valence-electron chi connectivity index (χ1n) is 7.42. The number of hydrogen-bond donors (Lipinski definition) is 2. The Kier molecular flexibility index (Phi) is 6.58. The van der Waals surface area contributed by atoms with E-state index in [2.05, 4.69) is 27.2 Å². The number of anilines is 1. The topological polar surface area (TPSA) is 66.9 Å². The molecule has 0 saturated heterocycles. The highest BCUT2D eigenvalue weighted by Gasteiger charge is 2.09. The van der Waals surface area contributed by atoms with Gasteiger partial charge in [-0.1, -0.05) is 35.3 Å². The molecular weight excluding hydrogens is 347 g/mol. The summed E-state index contributed by atoms with van der Waals surface area (Å²) in [5.74, 6) is 0.855. The van der Waals surface area contributed by atoms with Gasteiger partial charge in [-0.2, -0.15) is 0 Å². The second kappa shape index (κ2) is 8.66. The van der Waals surface area contributed by atoms with Gasteiger partial charge in [0.05, 0.1) is 0 Å². The molecule has 1 aromatic heterocycles. The highest BCUT2D eigenvalue weighted by atomic mass is 35.5. The van der Waals surface area contributed by atoms with Crippen LogP contribution in [0.2, 0.25) is 10.0 Å². The van der Waals surface area contributed by atoms with E-state index in [9.17, 15) is 4.79 Å². The number of carbonyl (C=O) groups excluding carboxylic acids is 1. The number of benzene rings is 1. The molecule has 5 nitrogen and oxygen atoms in total. The van der Waals surface area contributed by atoms with E-state index in [0.29, 0.717) is 46.9 Å². The van der Waals surface area contributed by atoms with Crippen LogP contribution < -0.4 is 10.6 Å². The predicted molar refractivity (Wildman–Crippen MR) is 98.0 cm³/mol. The molecule has 1 aromatic carbocycles. The molecule has 1 amide bonds. The van der Waals surface area contributed by atoms with Crippen LogP contribution in [0, 0.1) is 6.92 Å². The Bertz CT molecular complexity index is 749. The van der Waals surface area contributed by atoms with Crippen LogP contribution in [0.3, 0.4) is 0 Å². The number of amides is 1. The minimum Gasteiger partial charge on any atom is -0.370 e. The number of carbonyl (C=O) groups is 1. The SMILES string of the molecule is C=CCNC(=O)c1cc(NCCc2ccc(Cl)cc2Cl)nc(C)n1. The molecular formula is C17H18Cl2N4O. The van der Waals surface area contributed by atoms with Crippen molar-refractivity contribution in [3.05, 3.63) is 64.0 Å². The van der Waals surface area contributed by atoms with Crippen LogP contribution in [-0.2, 0) is 6.42 Å². The second-order valence-corrected chi connectivity index (χ2v) is 5.94. The summed E-state index contributed by atoms with van der Waals surface area (Å²) in [6, 6.07) is 7.04. The lowest BCUT2D eigenvalue weighted by molar-refractivity contribution is 0.0952. The smallest absolute Gasteiger partial charge is 0.270 e. The van der Waals surface area contributed by atoms with Crippen molar-refractivity contribution in [1.82, 2.24) is 15.3 Å². The Hall–Kier alpha value is -2.11. The Morgan fingerprint density at radius 3 is 2.79 bits per heavy atom. The second-order valence-electron chi connectivity index (χ2n) is 5.10. The summed E-state index contributed by atoms with van der Waals surface area (Å²) in [6.45, 7) is 6.31. The molecule has 24 heavy (non-hydrogen) atoms. The standard InChI is InChI=1S/C17H18Cl2N4O/c1-3-7-21-17(24)15-10-16(23-11(2)22-15)20-8-6-12-4-5-13(18)9-14(12)19/h3-5,9-10H,1,6-8H2,2H3,(H,21,24)(H,20,22,23). The minimum absolute atomic E-state index is 0.260. The van der Waals surface area contributed by atoms with Crippen molar-refractivity contribution in [3.63, 3.8) is 0 Å². The number of nitrogens with zero attached hydrogens (tertiary/aromatic N) is 2. The van der Waals surface area contributed by atoms with Gasteiger partial charge in [-0.05, 0) is 31.0 Å². The van der Waals surface area contributed by atoms with Crippen molar-refractivity contribution in [1.29, 1.82) is 0 Å². The van der Waals surface area contributed by atoms with Crippen molar-refractivity contribution in [3.8, 4) is 0 Å². The lowest BCUT2D eigenvalue weighted by Gasteiger charge is -2.09. The van der Waals surface area contributed by atoms with Gasteiger partial charge in [0.1, 0.15) is 17.3 Å². The Balaban J connectivity index is 2.00. The number of nitrogens with one attached hydrogen (secondary N) is 2. The first-order valence-corrected chi connectivity index (χ1v) is 8.17. The largest absolute Gasteiger partial charge is 0.370 e. The van der Waals surface area contributed by atoms with Crippen molar-refractivity contribution >= 4 is 34.9 Å². The average molecular weight is 365 g/mol. The van der Waals surface area contributed by atoms with Crippen molar-refractivity contribution in [2.45, 2.75) is 13.3 Å². The number of rotatable bonds is 7. The quantitative estimate of drug-likeness (QED) is 0.735. The molecule has 2 N–H and O–H groups in total. The van der Waals surface area contributed by atoms with E-state index in [4.69, 9.17) is 23.2 Å². The molecule has 0 aliphatic heterocycles. The molecule has 7 heteroatoms. The van der Waals surface area contributed by atoms with E-state index in [1.54, 1.807) is 31.2 Å². The molecule has 2 aromatic rings. The predicted octanol–water partition coefficient (Wildman–Crippen LogP) is 3.66. The zero-order chi connectivity index (χ0) is 17.5. The van der Waals surface area contributed by atoms with Gasteiger partial charge < -0.3 is 10.6 Å². The molecule has 0 saturated carbocycles. The van der Waals surface area contributed by atoms with Gasteiger partial charge in [-0.3, -0.25) is 4.79 Å². The van der Waals surface area contributed by atoms with Crippen molar-refractivity contribution < 1.29 is 4.79 Å². The molecule has 0 aliphatic carbocycles. The van der Waals surface area contributed by atoms with Crippen LogP contribution in [0.15, 0.2) is 36.9 Å². The Morgan fingerprint density at radius 1 is 1.29 bits per heavy atom. The molecule has 0 spiro atoms. The molecule has 0 atom stereocenters. The van der Waals surface area contributed by atoms with Crippen LogP contribution in [-0.4, -0.2) is 29.0 Å². The maximum Gasteiger partial charge on any atom is 0.270 e. The summed E-state index contributed by atoms with van der Waals surface area (Å²) in [5, 5.41) is 7.12. The van der Waals surface area contributed by atoms with E-state index in [1.165, 1.54) is 0 Å². The summed E-state index contributed by atoms with van der Waals surface area (Å²) >= 11 is 12.0. The highest BCUT2D eigenvalue weighted by molar-refractivity contribution is 6.35. The number of hydrogen-bond acceptors (Lipinski definition) is 4. The van der Waals surface area contributed by atoms with Gasteiger partial charge in [0, 0.05) is 29.2 Å². The van der Waals surface area contributed by atoms with Crippen molar-refractivity contribution in [2.24, 2.45) is 0 Å². The Labute approximate surface area is 151 Å². The molecule has 1 heterocycles. The lowest BCUT2D eigenvalue weighted by Crippen LogP contribution is -2.25. The summed E-state index contributed by atoms with van der Waals surface area (Å²) in [6.07, 6.45) is 2.32.